The average molecular weight is 247 g/mol. The third-order valence-corrected chi connectivity index (χ3v) is 4.35. The first-order chi connectivity index (χ1) is 6.95. The number of rotatable bonds is 0. The van der Waals surface area contributed by atoms with Gasteiger partial charge in [-0.25, -0.2) is 0 Å². The van der Waals surface area contributed by atoms with Gasteiger partial charge in [0.15, 0.2) is 0 Å². The monoisotopic (exact) mass is 247 g/mol. The van der Waals surface area contributed by atoms with Crippen molar-refractivity contribution in [3.05, 3.63) is 0 Å². The fourth-order valence-electron chi connectivity index (χ4n) is 4.02. The van der Waals surface area contributed by atoms with Crippen molar-refractivity contribution in [3.8, 4) is 0 Å². The largest absolute Gasteiger partial charge is 0.0683 e. The Morgan fingerprint density at radius 1 is 0.667 bits per heavy atom. The average Bonchev–Trinajstić information content (AvgIpc) is 2.97. The number of fused-ring (bicyclic) bond motifs is 5. The molecule has 89 valence electrons. The molecule has 0 saturated heterocycles. The third kappa shape index (κ3) is 3.04. The van der Waals surface area contributed by atoms with E-state index in [0.717, 1.165) is 0 Å². The van der Waals surface area contributed by atoms with Gasteiger partial charge < -0.3 is 0 Å². The molecule has 3 aliphatic rings. The van der Waals surface area contributed by atoms with Crippen molar-refractivity contribution < 1.29 is 18.6 Å². The molecule has 0 amide bonds. The maximum Gasteiger partial charge on any atom is 0 e. The Balaban J connectivity index is 0.000000358. The minimum absolute atomic E-state index is 0. The molecule has 3 fully saturated rings. The van der Waals surface area contributed by atoms with Crippen molar-refractivity contribution >= 4 is 0 Å². The van der Waals surface area contributed by atoms with E-state index in [1.807, 2.05) is 27.7 Å². The van der Waals surface area contributed by atoms with Gasteiger partial charge in [-0.1, -0.05) is 34.1 Å². The van der Waals surface area contributed by atoms with Crippen LogP contribution >= 0.6 is 0 Å². The minimum atomic E-state index is 0. The van der Waals surface area contributed by atoms with E-state index in [-0.39, 0.29) is 18.6 Å². The Bertz CT molecular complexity index is 139. The fourth-order valence-corrected chi connectivity index (χ4v) is 4.02. The van der Waals surface area contributed by atoms with Gasteiger partial charge in [0.25, 0.3) is 0 Å². The Morgan fingerprint density at radius 3 is 1.47 bits per heavy atom. The zero-order chi connectivity index (χ0) is 10.6. The van der Waals surface area contributed by atoms with Crippen LogP contribution in [0.3, 0.4) is 0 Å². The summed E-state index contributed by atoms with van der Waals surface area (Å²) in [6, 6.07) is 0. The van der Waals surface area contributed by atoms with Gasteiger partial charge >= 0.3 is 0 Å². The second-order valence-electron chi connectivity index (χ2n) is 4.59. The van der Waals surface area contributed by atoms with E-state index in [9.17, 15) is 0 Å². The molecule has 15 heavy (non-hydrogen) atoms. The predicted molar refractivity (Wildman–Crippen MR) is 64.4 cm³/mol. The van der Waals surface area contributed by atoms with Crippen molar-refractivity contribution in [1.29, 1.82) is 0 Å². The Kier molecular flexibility index (Phi) is 8.10. The number of hydrogen-bond donors (Lipinski definition) is 0. The van der Waals surface area contributed by atoms with Crippen molar-refractivity contribution in [2.24, 2.45) is 23.7 Å². The SMILES string of the molecule is C1CC2C3CCC(C3)C2C1.CC.CC.[V]. The van der Waals surface area contributed by atoms with Crippen LogP contribution in [0.1, 0.15) is 66.2 Å². The van der Waals surface area contributed by atoms with Crippen LogP contribution in [0.5, 0.6) is 0 Å². The molecule has 0 aromatic carbocycles. The zero-order valence-corrected chi connectivity index (χ0v) is 12.4. The molecule has 0 spiro atoms. The molecule has 4 atom stereocenters. The molecule has 2 bridgehead atoms. The molecule has 0 nitrogen and oxygen atoms in total. The Hall–Kier alpha value is 0.584. The van der Waals surface area contributed by atoms with Crippen molar-refractivity contribution in [2.75, 3.05) is 0 Å². The maximum atomic E-state index is 2.00. The van der Waals surface area contributed by atoms with Gasteiger partial charge in [-0.05, 0) is 55.8 Å². The van der Waals surface area contributed by atoms with E-state index in [1.165, 1.54) is 23.7 Å². The quantitative estimate of drug-likeness (QED) is 0.572. The third-order valence-electron chi connectivity index (χ3n) is 4.35. The standard InChI is InChI=1S/C10H16.2C2H6.V/c1-2-9-7-4-5-8(6-7)10(9)3-1;2*1-2;/h7-10H,1-6H2;2*1-2H3;. The van der Waals surface area contributed by atoms with E-state index in [1.54, 1.807) is 38.5 Å². The molecule has 4 unspecified atom stereocenters. The van der Waals surface area contributed by atoms with Crippen LogP contribution in [0.25, 0.3) is 0 Å². The van der Waals surface area contributed by atoms with Gasteiger partial charge in [0, 0.05) is 18.6 Å². The normalized spacial score (nSPS) is 39.2. The van der Waals surface area contributed by atoms with Crippen LogP contribution in [-0.4, -0.2) is 0 Å². The molecule has 0 heterocycles. The zero-order valence-electron chi connectivity index (χ0n) is 11.0. The van der Waals surface area contributed by atoms with E-state index >= 15 is 0 Å². The first-order valence-corrected chi connectivity index (χ1v) is 6.95. The van der Waals surface area contributed by atoms with E-state index in [2.05, 4.69) is 0 Å². The van der Waals surface area contributed by atoms with Crippen LogP contribution in [0.15, 0.2) is 0 Å². The molecular weight excluding hydrogens is 219 g/mol. The summed E-state index contributed by atoms with van der Waals surface area (Å²) < 4.78 is 0. The molecule has 3 saturated carbocycles. The van der Waals surface area contributed by atoms with Gasteiger partial charge in [-0.3, -0.25) is 0 Å². The molecule has 0 N–H and O–H groups in total. The minimum Gasteiger partial charge on any atom is -0.0683 e. The van der Waals surface area contributed by atoms with Crippen LogP contribution in [0.2, 0.25) is 0 Å². The Labute approximate surface area is 108 Å². The summed E-state index contributed by atoms with van der Waals surface area (Å²) in [5.41, 5.74) is 0. The summed E-state index contributed by atoms with van der Waals surface area (Å²) in [7, 11) is 0. The summed E-state index contributed by atoms with van der Waals surface area (Å²) in [6.07, 6.45) is 9.53. The van der Waals surface area contributed by atoms with Crippen LogP contribution < -0.4 is 0 Å². The molecule has 3 rings (SSSR count). The van der Waals surface area contributed by atoms with Crippen LogP contribution in [-0.2, 0) is 18.6 Å². The van der Waals surface area contributed by atoms with Crippen LogP contribution in [0, 0.1) is 23.7 Å². The van der Waals surface area contributed by atoms with Gasteiger partial charge in [0.1, 0.15) is 0 Å². The van der Waals surface area contributed by atoms with E-state index in [0.29, 0.717) is 0 Å². The summed E-state index contributed by atoms with van der Waals surface area (Å²) in [5, 5.41) is 0. The molecule has 0 aliphatic heterocycles. The second kappa shape index (κ2) is 7.79. The number of hydrogen-bond acceptors (Lipinski definition) is 0. The maximum absolute atomic E-state index is 2.00. The summed E-state index contributed by atoms with van der Waals surface area (Å²) in [5.74, 6) is 4.80. The van der Waals surface area contributed by atoms with Crippen molar-refractivity contribution in [3.63, 3.8) is 0 Å². The molecule has 0 aromatic rings. The van der Waals surface area contributed by atoms with Crippen LogP contribution in [0.4, 0.5) is 0 Å². The molecule has 1 radical (unpaired) electrons. The van der Waals surface area contributed by atoms with E-state index in [4.69, 9.17) is 0 Å². The van der Waals surface area contributed by atoms with Crippen molar-refractivity contribution in [1.82, 2.24) is 0 Å². The first-order valence-electron chi connectivity index (χ1n) is 6.95. The second-order valence-corrected chi connectivity index (χ2v) is 4.59. The summed E-state index contributed by atoms with van der Waals surface area (Å²) in [6.45, 7) is 8.00. The smallest absolute Gasteiger partial charge is 0 e. The predicted octanol–water partition coefficient (Wildman–Crippen LogP) is 4.88. The summed E-state index contributed by atoms with van der Waals surface area (Å²) in [4.78, 5) is 0. The Morgan fingerprint density at radius 2 is 1.07 bits per heavy atom. The molecule has 3 aliphatic carbocycles. The van der Waals surface area contributed by atoms with Gasteiger partial charge in [0.2, 0.25) is 0 Å². The molecule has 0 aromatic heterocycles. The van der Waals surface area contributed by atoms with Gasteiger partial charge in [0.05, 0.1) is 0 Å². The summed E-state index contributed by atoms with van der Waals surface area (Å²) >= 11 is 0. The molecule has 1 heteroatoms. The topological polar surface area (TPSA) is 0 Å². The molecular formula is C14H28V. The van der Waals surface area contributed by atoms with Gasteiger partial charge in [-0.2, -0.15) is 0 Å². The van der Waals surface area contributed by atoms with E-state index < -0.39 is 0 Å². The fraction of sp³-hybridized carbons (Fsp3) is 1.00. The first kappa shape index (κ1) is 15.6. The van der Waals surface area contributed by atoms with Gasteiger partial charge in [-0.15, -0.1) is 0 Å². The van der Waals surface area contributed by atoms with Crippen molar-refractivity contribution in [2.45, 2.75) is 66.2 Å².